The molecule has 0 amide bonds. The van der Waals surface area contributed by atoms with Crippen molar-refractivity contribution in [2.75, 3.05) is 9.71 Å². The van der Waals surface area contributed by atoms with E-state index in [1.165, 1.54) is 150 Å². The van der Waals surface area contributed by atoms with Crippen LogP contribution in [0.25, 0.3) is 44.5 Å². The van der Waals surface area contributed by atoms with E-state index in [-0.39, 0.29) is 50.3 Å². The van der Waals surface area contributed by atoms with Crippen molar-refractivity contribution in [3.63, 3.8) is 0 Å². The maximum atomic E-state index is 3.12. The molecule has 0 saturated heterocycles. The van der Waals surface area contributed by atoms with Crippen LogP contribution in [0.2, 0.25) is 0 Å². The smallest absolute Gasteiger partial charge is 0.329 e. The summed E-state index contributed by atoms with van der Waals surface area (Å²) in [7, 11) is 0. The van der Waals surface area contributed by atoms with Crippen LogP contribution < -0.4 is 20.6 Å². The van der Waals surface area contributed by atoms with Gasteiger partial charge >= 0.3 is 6.85 Å². The SMILES string of the molecule is CC(C)(C)c1ccc(N2c3ccc4c(c3B3c5c(cc6c(c52)C(C)(C)c2ccccc2-6)-c2cc(C(C)(C)C)cc5c2N3C2(C)CCCCC52C)C(C)(C)c2cc3c(cc2-4)C(C)(C)CCC3(C)C)c(-c2ccccc2)c1. The molecule has 75 heavy (non-hydrogen) atoms. The van der Waals surface area contributed by atoms with E-state index in [0.717, 1.165) is 0 Å². The van der Waals surface area contributed by atoms with E-state index in [2.05, 4.69) is 236 Å². The highest BCUT2D eigenvalue weighted by Gasteiger charge is 2.65. The lowest BCUT2D eigenvalue weighted by atomic mass is 9.40. The second-order valence-electron chi connectivity index (χ2n) is 29.5. The molecule has 0 bridgehead atoms. The van der Waals surface area contributed by atoms with Crippen LogP contribution in [0.3, 0.4) is 0 Å². The number of nitrogens with zero attached hydrogens (tertiary/aromatic N) is 2. The van der Waals surface area contributed by atoms with E-state index in [4.69, 9.17) is 0 Å². The first-order valence-electron chi connectivity index (χ1n) is 28.9. The molecule has 2 atom stereocenters. The van der Waals surface area contributed by atoms with E-state index in [9.17, 15) is 0 Å². The minimum Gasteiger partial charge on any atom is -0.400 e. The van der Waals surface area contributed by atoms with Gasteiger partial charge in [0.1, 0.15) is 0 Å². The van der Waals surface area contributed by atoms with Gasteiger partial charge in [0.05, 0.1) is 5.69 Å². The largest absolute Gasteiger partial charge is 0.400 e. The minimum absolute atomic E-state index is 0.0113. The summed E-state index contributed by atoms with van der Waals surface area (Å²) in [6.45, 7) is 40.0. The van der Waals surface area contributed by atoms with Crippen LogP contribution in [-0.4, -0.2) is 12.4 Å². The fourth-order valence-corrected chi connectivity index (χ4v) is 16.9. The molecule has 3 aliphatic heterocycles. The Morgan fingerprint density at radius 1 is 0.413 bits per heavy atom. The third-order valence-corrected chi connectivity index (χ3v) is 21.5. The summed E-state index contributed by atoms with van der Waals surface area (Å²) >= 11 is 0. The van der Waals surface area contributed by atoms with Crippen LogP contribution in [0.1, 0.15) is 199 Å². The predicted molar refractivity (Wildman–Crippen MR) is 322 cm³/mol. The van der Waals surface area contributed by atoms with E-state index in [1.54, 1.807) is 16.7 Å². The van der Waals surface area contributed by atoms with Gasteiger partial charge in [-0.2, -0.15) is 0 Å². The molecule has 14 rings (SSSR count). The summed E-state index contributed by atoms with van der Waals surface area (Å²) in [5.41, 5.74) is 32.5. The van der Waals surface area contributed by atoms with Crippen LogP contribution in [-0.2, 0) is 37.9 Å². The number of anilines is 4. The lowest BCUT2D eigenvalue weighted by molar-refractivity contribution is 0.199. The molecule has 3 heterocycles. The summed E-state index contributed by atoms with van der Waals surface area (Å²) in [4.78, 5) is 5.96. The lowest BCUT2D eigenvalue weighted by Gasteiger charge is -2.56. The van der Waals surface area contributed by atoms with E-state index >= 15 is 0 Å². The van der Waals surface area contributed by atoms with E-state index in [1.807, 2.05) is 0 Å². The molecular weight excluding hydrogens is 904 g/mol. The third-order valence-electron chi connectivity index (χ3n) is 21.5. The molecule has 7 aromatic carbocycles. The summed E-state index contributed by atoms with van der Waals surface area (Å²) in [5, 5.41) is 0. The van der Waals surface area contributed by atoms with Crippen LogP contribution in [0.15, 0.2) is 115 Å². The topological polar surface area (TPSA) is 6.48 Å². The molecule has 7 aliphatic rings. The third kappa shape index (κ3) is 5.95. The molecule has 380 valence electrons. The zero-order valence-electron chi connectivity index (χ0n) is 48.2. The summed E-state index contributed by atoms with van der Waals surface area (Å²) in [6, 6.07) is 46.9. The van der Waals surface area contributed by atoms with Gasteiger partial charge in [0.15, 0.2) is 0 Å². The summed E-state index contributed by atoms with van der Waals surface area (Å²) in [5.74, 6) is 0. The van der Waals surface area contributed by atoms with Crippen molar-refractivity contribution in [3.8, 4) is 44.5 Å². The Kier molecular flexibility index (Phi) is 9.28. The van der Waals surface area contributed by atoms with Crippen LogP contribution in [0.5, 0.6) is 0 Å². The van der Waals surface area contributed by atoms with Gasteiger partial charge in [-0.25, -0.2) is 0 Å². The van der Waals surface area contributed by atoms with Gasteiger partial charge in [-0.15, -0.1) is 0 Å². The molecule has 0 aromatic heterocycles. The van der Waals surface area contributed by atoms with Crippen molar-refractivity contribution in [2.45, 2.75) is 193 Å². The highest BCUT2D eigenvalue weighted by Crippen LogP contribution is 2.67. The van der Waals surface area contributed by atoms with Crippen LogP contribution >= 0.6 is 0 Å². The molecule has 2 nitrogen and oxygen atoms in total. The molecule has 0 spiro atoms. The van der Waals surface area contributed by atoms with Crippen molar-refractivity contribution >= 4 is 40.5 Å². The summed E-state index contributed by atoms with van der Waals surface area (Å²) in [6.07, 6.45) is 7.30. The quantitative estimate of drug-likeness (QED) is 0.159. The molecule has 4 aliphatic carbocycles. The second-order valence-corrected chi connectivity index (χ2v) is 29.5. The van der Waals surface area contributed by atoms with Gasteiger partial charge in [0.25, 0.3) is 0 Å². The van der Waals surface area contributed by atoms with Crippen molar-refractivity contribution in [1.29, 1.82) is 0 Å². The Morgan fingerprint density at radius 2 is 1.04 bits per heavy atom. The second kappa shape index (κ2) is 14.6. The fourth-order valence-electron chi connectivity index (χ4n) is 16.9. The molecule has 7 aromatic rings. The standard InChI is InChI=1S/C72H79BN2/c1-65(2,3)43-28-30-57(47(36-43)42-24-18-17-19-25-42)74-58-31-29-46-48-40-54-55(68(9,10)35-34-67(54,7)8)41-53(48)70(13,14)59(46)62(58)73-61-50(39-49-45-26-20-21-27-52(45)69(11,12)60(49)64(61)74)51-37-44(66(4,5)6)38-56-63(51)75(73)72(16)33-23-22-32-71(56,72)15/h17-21,24-31,36-41H,22-23,32-35H2,1-16H3. The van der Waals surface area contributed by atoms with Gasteiger partial charge in [0, 0.05) is 50.0 Å². The first kappa shape index (κ1) is 47.6. The van der Waals surface area contributed by atoms with Crippen LogP contribution in [0, 0.1) is 0 Å². The molecule has 0 radical (unpaired) electrons. The Hall–Kier alpha value is -5.80. The highest BCUT2D eigenvalue weighted by atomic mass is 15.2. The van der Waals surface area contributed by atoms with Gasteiger partial charge in [-0.3, -0.25) is 0 Å². The average Bonchev–Trinajstić information content (AvgIpc) is 3.90. The number of hydrogen-bond acceptors (Lipinski definition) is 2. The first-order valence-corrected chi connectivity index (χ1v) is 28.9. The molecule has 1 saturated carbocycles. The van der Waals surface area contributed by atoms with Gasteiger partial charge < -0.3 is 9.71 Å². The molecule has 2 unspecified atom stereocenters. The summed E-state index contributed by atoms with van der Waals surface area (Å²) < 4.78 is 0. The highest BCUT2D eigenvalue weighted by molar-refractivity contribution is 6.93. The average molecular weight is 983 g/mol. The zero-order chi connectivity index (χ0) is 52.7. The molecular formula is C72H79BN2. The van der Waals surface area contributed by atoms with Crippen LogP contribution in [0.4, 0.5) is 22.7 Å². The monoisotopic (exact) mass is 983 g/mol. The van der Waals surface area contributed by atoms with E-state index in [0.29, 0.717) is 0 Å². The van der Waals surface area contributed by atoms with Crippen molar-refractivity contribution in [1.82, 2.24) is 0 Å². The first-order chi connectivity index (χ1) is 35.2. The maximum absolute atomic E-state index is 3.12. The molecule has 3 heteroatoms. The zero-order valence-corrected chi connectivity index (χ0v) is 48.2. The Morgan fingerprint density at radius 3 is 1.75 bits per heavy atom. The fraction of sp³-hybridized carbons (Fsp3) is 0.417. The number of fused-ring (bicyclic) bond motifs is 16. The van der Waals surface area contributed by atoms with Crippen molar-refractivity contribution in [3.05, 3.63) is 165 Å². The Labute approximate surface area is 450 Å². The number of hydrogen-bond donors (Lipinski definition) is 0. The van der Waals surface area contributed by atoms with Crippen molar-refractivity contribution in [2.24, 2.45) is 0 Å². The van der Waals surface area contributed by atoms with Gasteiger partial charge in [-0.1, -0.05) is 196 Å². The van der Waals surface area contributed by atoms with E-state index < -0.39 is 0 Å². The number of benzene rings is 7. The lowest BCUT2D eigenvalue weighted by Crippen LogP contribution is -2.71. The normalized spacial score (nSPS) is 23.1. The maximum Gasteiger partial charge on any atom is 0.329 e. The Bertz CT molecular complexity index is 3680. The number of rotatable bonds is 2. The van der Waals surface area contributed by atoms with Crippen molar-refractivity contribution < 1.29 is 0 Å². The van der Waals surface area contributed by atoms with Gasteiger partial charge in [-0.05, 0) is 185 Å². The Balaban J connectivity index is 1.19. The molecule has 1 fully saturated rings. The minimum atomic E-state index is -0.271. The molecule has 0 N–H and O–H groups in total. The van der Waals surface area contributed by atoms with Gasteiger partial charge in [0.2, 0.25) is 0 Å². The predicted octanol–water partition coefficient (Wildman–Crippen LogP) is 17.9.